The van der Waals surface area contributed by atoms with Gasteiger partial charge >= 0.3 is 0 Å². The van der Waals surface area contributed by atoms with E-state index in [4.69, 9.17) is 9.15 Å². The number of aryl methyl sites for hydroxylation is 1. The van der Waals surface area contributed by atoms with E-state index in [9.17, 15) is 13.2 Å². The molecule has 1 aromatic carbocycles. The Balaban J connectivity index is 2.13. The number of furan rings is 1. The van der Waals surface area contributed by atoms with Crippen molar-refractivity contribution in [3.05, 3.63) is 47.9 Å². The fourth-order valence-corrected chi connectivity index (χ4v) is 3.53. The Morgan fingerprint density at radius 3 is 2.62 bits per heavy atom. The summed E-state index contributed by atoms with van der Waals surface area (Å²) >= 11 is 0. The summed E-state index contributed by atoms with van der Waals surface area (Å²) in [7, 11) is -2.24. The van der Waals surface area contributed by atoms with Gasteiger partial charge in [0.15, 0.2) is 0 Å². The second-order valence-electron chi connectivity index (χ2n) is 5.25. The van der Waals surface area contributed by atoms with Crippen LogP contribution in [0.25, 0.3) is 0 Å². The highest BCUT2D eigenvalue weighted by Gasteiger charge is 2.21. The number of hydrogen-bond acceptors (Lipinski definition) is 5. The molecule has 2 aromatic rings. The van der Waals surface area contributed by atoms with Crippen molar-refractivity contribution < 1.29 is 22.4 Å². The van der Waals surface area contributed by atoms with E-state index in [1.165, 1.54) is 26.4 Å². The molecule has 0 spiro atoms. The van der Waals surface area contributed by atoms with Gasteiger partial charge in [0.2, 0.25) is 15.9 Å². The van der Waals surface area contributed by atoms with Crippen molar-refractivity contribution in [2.45, 2.75) is 24.8 Å². The van der Waals surface area contributed by atoms with E-state index < -0.39 is 16.1 Å². The van der Waals surface area contributed by atoms with Gasteiger partial charge in [-0.2, -0.15) is 0 Å². The standard InChI is InChI=1S/C16H20N2O5S/c1-11-9-13(18-12(2)19)6-7-16(11)24(20,21)17-10-15(22-3)14-5-4-8-23-14/h4-9,15,17H,10H2,1-3H3,(H,18,19). The van der Waals surface area contributed by atoms with Crippen molar-refractivity contribution in [1.29, 1.82) is 0 Å². The van der Waals surface area contributed by atoms with Crippen LogP contribution in [0, 0.1) is 6.92 Å². The maximum Gasteiger partial charge on any atom is 0.240 e. The van der Waals surface area contributed by atoms with E-state index in [2.05, 4.69) is 10.0 Å². The first-order valence-electron chi connectivity index (χ1n) is 7.27. The summed E-state index contributed by atoms with van der Waals surface area (Å²) in [5.41, 5.74) is 1.07. The van der Waals surface area contributed by atoms with Gasteiger partial charge < -0.3 is 14.5 Å². The molecule has 8 heteroatoms. The zero-order valence-corrected chi connectivity index (χ0v) is 14.5. The van der Waals surface area contributed by atoms with Crippen LogP contribution in [0.5, 0.6) is 0 Å². The number of anilines is 1. The Kier molecular flexibility index (Phi) is 5.76. The van der Waals surface area contributed by atoms with Gasteiger partial charge in [-0.05, 0) is 42.8 Å². The number of hydrogen-bond donors (Lipinski definition) is 2. The summed E-state index contributed by atoms with van der Waals surface area (Å²) in [5.74, 6) is 0.322. The van der Waals surface area contributed by atoms with E-state index >= 15 is 0 Å². The van der Waals surface area contributed by atoms with Crippen LogP contribution in [0.3, 0.4) is 0 Å². The Morgan fingerprint density at radius 2 is 2.08 bits per heavy atom. The summed E-state index contributed by atoms with van der Waals surface area (Å²) < 4.78 is 38.0. The lowest BCUT2D eigenvalue weighted by Gasteiger charge is -2.15. The Morgan fingerprint density at radius 1 is 1.33 bits per heavy atom. The zero-order chi connectivity index (χ0) is 17.7. The van der Waals surface area contributed by atoms with Crippen LogP contribution >= 0.6 is 0 Å². The third-order valence-electron chi connectivity index (χ3n) is 3.39. The summed E-state index contributed by atoms with van der Waals surface area (Å²) in [5, 5.41) is 2.62. The molecule has 1 aromatic heterocycles. The SMILES string of the molecule is COC(CNS(=O)(=O)c1ccc(NC(C)=O)cc1C)c1ccco1. The lowest BCUT2D eigenvalue weighted by molar-refractivity contribution is -0.114. The number of carbonyl (C=O) groups is 1. The fourth-order valence-electron chi connectivity index (χ4n) is 2.27. The molecule has 0 aliphatic carbocycles. The maximum atomic E-state index is 12.5. The van der Waals surface area contributed by atoms with E-state index in [-0.39, 0.29) is 17.3 Å². The molecule has 2 rings (SSSR count). The molecule has 2 N–H and O–H groups in total. The zero-order valence-electron chi connectivity index (χ0n) is 13.7. The molecule has 1 unspecified atom stereocenters. The third kappa shape index (κ3) is 4.44. The molecule has 0 bridgehead atoms. The summed E-state index contributed by atoms with van der Waals surface area (Å²) in [6, 6.07) is 8.04. The van der Waals surface area contributed by atoms with Gasteiger partial charge in [-0.25, -0.2) is 13.1 Å². The van der Waals surface area contributed by atoms with Crippen LogP contribution in [-0.2, 0) is 19.6 Å². The minimum atomic E-state index is -3.72. The number of benzene rings is 1. The van der Waals surface area contributed by atoms with Crippen molar-refractivity contribution in [1.82, 2.24) is 4.72 Å². The largest absolute Gasteiger partial charge is 0.467 e. The van der Waals surface area contributed by atoms with Gasteiger partial charge in [-0.15, -0.1) is 0 Å². The smallest absolute Gasteiger partial charge is 0.240 e. The van der Waals surface area contributed by atoms with Crippen molar-refractivity contribution in [3.63, 3.8) is 0 Å². The van der Waals surface area contributed by atoms with Crippen LogP contribution in [0.4, 0.5) is 5.69 Å². The molecule has 1 amide bonds. The molecule has 0 aliphatic rings. The first-order valence-corrected chi connectivity index (χ1v) is 8.76. The van der Waals surface area contributed by atoms with Gasteiger partial charge in [0.25, 0.3) is 0 Å². The number of carbonyl (C=O) groups excluding carboxylic acids is 1. The minimum Gasteiger partial charge on any atom is -0.467 e. The number of sulfonamides is 1. The van der Waals surface area contributed by atoms with Crippen LogP contribution < -0.4 is 10.0 Å². The monoisotopic (exact) mass is 352 g/mol. The van der Waals surface area contributed by atoms with Gasteiger partial charge in [0.1, 0.15) is 11.9 Å². The second kappa shape index (κ2) is 7.61. The van der Waals surface area contributed by atoms with E-state index in [1.54, 1.807) is 31.2 Å². The summed E-state index contributed by atoms with van der Waals surface area (Å²) in [6.45, 7) is 3.10. The topological polar surface area (TPSA) is 97.6 Å². The lowest BCUT2D eigenvalue weighted by Crippen LogP contribution is -2.29. The molecular formula is C16H20N2O5S. The quantitative estimate of drug-likeness (QED) is 0.796. The van der Waals surface area contributed by atoms with Gasteiger partial charge in [-0.1, -0.05) is 0 Å². The number of amides is 1. The highest BCUT2D eigenvalue weighted by Crippen LogP contribution is 2.21. The average molecular weight is 352 g/mol. The van der Waals surface area contributed by atoms with Crippen LogP contribution in [0.15, 0.2) is 45.9 Å². The van der Waals surface area contributed by atoms with E-state index in [0.29, 0.717) is 17.0 Å². The Labute approximate surface area is 141 Å². The first-order chi connectivity index (χ1) is 11.3. The number of rotatable bonds is 7. The number of nitrogens with one attached hydrogen (secondary N) is 2. The lowest BCUT2D eigenvalue weighted by atomic mass is 10.2. The molecule has 1 atom stereocenters. The third-order valence-corrected chi connectivity index (χ3v) is 4.97. The Bertz CT molecular complexity index is 800. The predicted octanol–water partition coefficient (Wildman–Crippen LogP) is 2.21. The molecule has 7 nitrogen and oxygen atoms in total. The summed E-state index contributed by atoms with van der Waals surface area (Å²) in [4.78, 5) is 11.2. The van der Waals surface area contributed by atoms with Crippen LogP contribution in [0.1, 0.15) is 24.4 Å². The number of ether oxygens (including phenoxy) is 1. The van der Waals surface area contributed by atoms with Gasteiger partial charge in [-0.3, -0.25) is 4.79 Å². The highest BCUT2D eigenvalue weighted by atomic mass is 32.2. The van der Waals surface area contributed by atoms with Gasteiger partial charge in [0, 0.05) is 26.3 Å². The molecule has 0 saturated heterocycles. The Hall–Kier alpha value is -2.16. The maximum absolute atomic E-state index is 12.5. The molecule has 24 heavy (non-hydrogen) atoms. The minimum absolute atomic E-state index is 0.0409. The van der Waals surface area contributed by atoms with Crippen molar-refractivity contribution in [2.75, 3.05) is 19.0 Å². The second-order valence-corrected chi connectivity index (χ2v) is 6.99. The van der Waals surface area contributed by atoms with Crippen molar-refractivity contribution >= 4 is 21.6 Å². The predicted molar refractivity (Wildman–Crippen MR) is 89.1 cm³/mol. The van der Waals surface area contributed by atoms with Crippen molar-refractivity contribution in [3.8, 4) is 0 Å². The molecule has 130 valence electrons. The molecule has 0 aliphatic heterocycles. The van der Waals surface area contributed by atoms with Crippen LogP contribution in [-0.4, -0.2) is 28.0 Å². The van der Waals surface area contributed by atoms with Crippen molar-refractivity contribution in [2.24, 2.45) is 0 Å². The molecule has 1 heterocycles. The van der Waals surface area contributed by atoms with E-state index in [1.807, 2.05) is 0 Å². The normalized spacial score (nSPS) is 12.8. The number of methoxy groups -OCH3 is 1. The summed E-state index contributed by atoms with van der Waals surface area (Å²) in [6.07, 6.45) is 0.981. The first kappa shape index (κ1) is 18.2. The highest BCUT2D eigenvalue weighted by molar-refractivity contribution is 7.89. The van der Waals surface area contributed by atoms with E-state index in [0.717, 1.165) is 0 Å². The molecule has 0 radical (unpaired) electrons. The molecular weight excluding hydrogens is 332 g/mol. The fraction of sp³-hybridized carbons (Fsp3) is 0.312. The molecule has 0 saturated carbocycles. The van der Waals surface area contributed by atoms with Crippen LogP contribution in [0.2, 0.25) is 0 Å². The van der Waals surface area contributed by atoms with Gasteiger partial charge in [0.05, 0.1) is 11.2 Å². The molecule has 0 fully saturated rings. The average Bonchev–Trinajstić information content (AvgIpc) is 3.01.